The summed E-state index contributed by atoms with van der Waals surface area (Å²) in [6.07, 6.45) is 4.49. The van der Waals surface area contributed by atoms with Crippen molar-refractivity contribution in [2.75, 3.05) is 31.9 Å². The molecule has 2 aliphatic rings. The summed E-state index contributed by atoms with van der Waals surface area (Å²) in [6.45, 7) is 4.43. The van der Waals surface area contributed by atoms with Crippen molar-refractivity contribution >= 4 is 23.6 Å². The van der Waals surface area contributed by atoms with Gasteiger partial charge in [0.2, 0.25) is 11.8 Å². The molecule has 0 bridgehead atoms. The summed E-state index contributed by atoms with van der Waals surface area (Å²) in [6, 6.07) is 6.61. The molecular weight excluding hydrogens is 308 g/mol. The third-order valence-corrected chi connectivity index (χ3v) is 5.70. The van der Waals surface area contributed by atoms with Crippen LogP contribution in [0.3, 0.4) is 0 Å². The number of carbonyl (C=O) groups is 2. The smallest absolute Gasteiger partial charge is 0.232 e. The number of fused-ring (bicyclic) bond motifs is 1. The molecule has 1 aromatic carbocycles. The highest BCUT2D eigenvalue weighted by Crippen LogP contribution is 2.27. The number of rotatable bonds is 3. The van der Waals surface area contributed by atoms with Gasteiger partial charge >= 0.3 is 0 Å². The topological polar surface area (TPSA) is 40.6 Å². The van der Waals surface area contributed by atoms with Crippen molar-refractivity contribution in [3.8, 4) is 0 Å². The van der Waals surface area contributed by atoms with Crippen LogP contribution >= 0.6 is 11.8 Å². The summed E-state index contributed by atoms with van der Waals surface area (Å²) in [7, 11) is 0. The standard InChI is InChI=1S/C18H24N2O2S/c1-14(21)19-8-3-9-20(11-10-19)18(22)13-23-17-7-6-15-4-2-5-16(15)12-17/h6-7,12H,2-5,8-11,13H2,1H3. The number of benzene rings is 1. The highest BCUT2D eigenvalue weighted by atomic mass is 32.2. The van der Waals surface area contributed by atoms with Gasteiger partial charge in [0.05, 0.1) is 5.75 Å². The molecule has 0 aromatic heterocycles. The Morgan fingerprint density at radius 2 is 1.74 bits per heavy atom. The predicted octanol–water partition coefficient (Wildman–Crippen LogP) is 2.35. The lowest BCUT2D eigenvalue weighted by Gasteiger charge is -2.21. The van der Waals surface area contributed by atoms with Gasteiger partial charge in [0.15, 0.2) is 0 Å². The minimum absolute atomic E-state index is 0.104. The van der Waals surface area contributed by atoms with Gasteiger partial charge in [0, 0.05) is 38.0 Å². The predicted molar refractivity (Wildman–Crippen MR) is 92.6 cm³/mol. The van der Waals surface area contributed by atoms with Crippen molar-refractivity contribution in [3.63, 3.8) is 0 Å². The Morgan fingerprint density at radius 3 is 2.57 bits per heavy atom. The Kier molecular flexibility index (Phi) is 5.26. The third kappa shape index (κ3) is 4.08. The van der Waals surface area contributed by atoms with Crippen LogP contribution in [0.2, 0.25) is 0 Å². The highest BCUT2D eigenvalue weighted by molar-refractivity contribution is 8.00. The van der Waals surface area contributed by atoms with E-state index >= 15 is 0 Å². The van der Waals surface area contributed by atoms with E-state index in [2.05, 4.69) is 18.2 Å². The average molecular weight is 332 g/mol. The number of carbonyl (C=O) groups excluding carboxylic acids is 2. The second-order valence-corrected chi connectivity index (χ2v) is 7.36. The van der Waals surface area contributed by atoms with Gasteiger partial charge in [0.25, 0.3) is 0 Å². The molecular formula is C18H24N2O2S. The van der Waals surface area contributed by atoms with Crippen molar-refractivity contribution < 1.29 is 9.59 Å². The summed E-state index contributed by atoms with van der Waals surface area (Å²) >= 11 is 1.63. The number of amides is 2. The average Bonchev–Trinajstić information content (AvgIpc) is 2.86. The summed E-state index contributed by atoms with van der Waals surface area (Å²) < 4.78 is 0. The highest BCUT2D eigenvalue weighted by Gasteiger charge is 2.20. The molecule has 0 saturated carbocycles. The molecule has 1 saturated heterocycles. The van der Waals surface area contributed by atoms with E-state index < -0.39 is 0 Å². The van der Waals surface area contributed by atoms with Gasteiger partial charge in [0.1, 0.15) is 0 Å². The monoisotopic (exact) mass is 332 g/mol. The van der Waals surface area contributed by atoms with Crippen LogP contribution in [0.25, 0.3) is 0 Å². The van der Waals surface area contributed by atoms with Crippen LogP contribution in [0.1, 0.15) is 30.9 Å². The van der Waals surface area contributed by atoms with Crippen LogP contribution in [0.15, 0.2) is 23.1 Å². The molecule has 0 unspecified atom stereocenters. The van der Waals surface area contributed by atoms with E-state index in [-0.39, 0.29) is 11.8 Å². The van der Waals surface area contributed by atoms with Gasteiger partial charge in [-0.1, -0.05) is 6.07 Å². The minimum atomic E-state index is 0.104. The van der Waals surface area contributed by atoms with Crippen LogP contribution in [0.5, 0.6) is 0 Å². The largest absolute Gasteiger partial charge is 0.341 e. The van der Waals surface area contributed by atoms with Gasteiger partial charge in [-0.3, -0.25) is 9.59 Å². The van der Waals surface area contributed by atoms with Crippen LogP contribution in [0.4, 0.5) is 0 Å². The van der Waals surface area contributed by atoms with Gasteiger partial charge in [-0.05, 0) is 48.9 Å². The molecule has 1 heterocycles. The van der Waals surface area contributed by atoms with Crippen molar-refractivity contribution in [3.05, 3.63) is 29.3 Å². The molecule has 0 atom stereocenters. The minimum Gasteiger partial charge on any atom is -0.341 e. The molecule has 124 valence electrons. The molecule has 4 nitrogen and oxygen atoms in total. The number of hydrogen-bond acceptors (Lipinski definition) is 3. The Morgan fingerprint density at radius 1 is 1.00 bits per heavy atom. The summed E-state index contributed by atoms with van der Waals surface area (Å²) in [4.78, 5) is 28.8. The van der Waals surface area contributed by atoms with E-state index in [4.69, 9.17) is 0 Å². The zero-order valence-electron chi connectivity index (χ0n) is 13.7. The van der Waals surface area contributed by atoms with Gasteiger partial charge in [-0.15, -0.1) is 11.8 Å². The molecule has 0 N–H and O–H groups in total. The first-order chi connectivity index (χ1) is 11.1. The molecule has 0 radical (unpaired) electrons. The fourth-order valence-electron chi connectivity index (χ4n) is 3.36. The van der Waals surface area contributed by atoms with Gasteiger partial charge < -0.3 is 9.80 Å². The van der Waals surface area contributed by atoms with Crippen LogP contribution < -0.4 is 0 Å². The molecule has 1 aromatic rings. The molecule has 0 spiro atoms. The Labute approximate surface area is 142 Å². The second kappa shape index (κ2) is 7.39. The van der Waals surface area contributed by atoms with Crippen molar-refractivity contribution in [1.82, 2.24) is 9.80 Å². The third-order valence-electron chi connectivity index (χ3n) is 4.73. The van der Waals surface area contributed by atoms with Gasteiger partial charge in [-0.2, -0.15) is 0 Å². The molecule has 23 heavy (non-hydrogen) atoms. The first kappa shape index (κ1) is 16.4. The molecule has 1 aliphatic carbocycles. The van der Waals surface area contributed by atoms with E-state index in [0.717, 1.165) is 19.5 Å². The summed E-state index contributed by atoms with van der Waals surface area (Å²) in [5.41, 5.74) is 2.92. The Bertz CT molecular complexity index is 603. The van der Waals surface area contributed by atoms with Gasteiger partial charge in [-0.25, -0.2) is 0 Å². The SMILES string of the molecule is CC(=O)N1CCCN(C(=O)CSc2ccc3c(c2)CCC3)CC1. The lowest BCUT2D eigenvalue weighted by Crippen LogP contribution is -2.37. The number of nitrogens with zero attached hydrogens (tertiary/aromatic N) is 2. The van der Waals surface area contributed by atoms with E-state index in [0.29, 0.717) is 18.8 Å². The maximum absolute atomic E-state index is 12.4. The maximum atomic E-state index is 12.4. The first-order valence-electron chi connectivity index (χ1n) is 8.41. The second-order valence-electron chi connectivity index (χ2n) is 6.31. The van der Waals surface area contributed by atoms with E-state index in [1.54, 1.807) is 18.7 Å². The summed E-state index contributed by atoms with van der Waals surface area (Å²) in [5, 5.41) is 0. The Balaban J connectivity index is 1.52. The Hall–Kier alpha value is -1.49. The molecule has 5 heteroatoms. The molecule has 3 rings (SSSR count). The van der Waals surface area contributed by atoms with Crippen molar-refractivity contribution in [1.29, 1.82) is 0 Å². The maximum Gasteiger partial charge on any atom is 0.232 e. The van der Waals surface area contributed by atoms with Crippen LogP contribution in [0, 0.1) is 0 Å². The van der Waals surface area contributed by atoms with Crippen molar-refractivity contribution in [2.45, 2.75) is 37.5 Å². The van der Waals surface area contributed by atoms with Crippen molar-refractivity contribution in [2.24, 2.45) is 0 Å². The number of aryl methyl sites for hydroxylation is 2. The summed E-state index contributed by atoms with van der Waals surface area (Å²) in [5.74, 6) is 0.770. The van der Waals surface area contributed by atoms with Crippen LogP contribution in [-0.4, -0.2) is 53.5 Å². The zero-order valence-corrected chi connectivity index (χ0v) is 14.5. The lowest BCUT2D eigenvalue weighted by atomic mass is 10.1. The van der Waals surface area contributed by atoms with E-state index in [9.17, 15) is 9.59 Å². The quantitative estimate of drug-likeness (QED) is 0.798. The molecule has 1 aliphatic heterocycles. The molecule has 1 fully saturated rings. The fraction of sp³-hybridized carbons (Fsp3) is 0.556. The molecule has 2 amide bonds. The number of thioether (sulfide) groups is 1. The van der Waals surface area contributed by atoms with E-state index in [1.807, 2.05) is 9.80 Å². The zero-order chi connectivity index (χ0) is 16.2. The fourth-order valence-corrected chi connectivity index (χ4v) is 4.22. The lowest BCUT2D eigenvalue weighted by molar-refractivity contribution is -0.130. The van der Waals surface area contributed by atoms with Crippen LogP contribution in [-0.2, 0) is 22.4 Å². The van der Waals surface area contributed by atoms with E-state index in [1.165, 1.54) is 35.3 Å². The first-order valence-corrected chi connectivity index (χ1v) is 9.40. The number of hydrogen-bond donors (Lipinski definition) is 0. The normalized spacial score (nSPS) is 17.8.